The molecule has 10 heteroatoms. The summed E-state index contributed by atoms with van der Waals surface area (Å²) in [7, 11) is 0. The first-order valence-corrected chi connectivity index (χ1v) is 11.7. The van der Waals surface area contributed by atoms with E-state index in [0.717, 1.165) is 19.3 Å². The molecule has 0 atom stereocenters. The van der Waals surface area contributed by atoms with Gasteiger partial charge in [0.25, 0.3) is 11.5 Å². The first-order valence-electron chi connectivity index (χ1n) is 11.7. The van der Waals surface area contributed by atoms with Gasteiger partial charge in [0, 0.05) is 30.7 Å². The van der Waals surface area contributed by atoms with Crippen molar-refractivity contribution in [2.75, 3.05) is 18.4 Å². The number of likely N-dealkylation sites (tertiary alicyclic amines) is 1. The summed E-state index contributed by atoms with van der Waals surface area (Å²) in [6.07, 6.45) is 3.01. The number of oxazole rings is 1. The van der Waals surface area contributed by atoms with Gasteiger partial charge < -0.3 is 14.6 Å². The highest BCUT2D eigenvalue weighted by Gasteiger charge is 2.21. The number of fused-ring (bicyclic) bond motifs is 2. The summed E-state index contributed by atoms with van der Waals surface area (Å²) in [6, 6.07) is 11.6. The van der Waals surface area contributed by atoms with Crippen molar-refractivity contribution in [3.8, 4) is 0 Å². The molecule has 10 nitrogen and oxygen atoms in total. The molecule has 1 fully saturated rings. The molecule has 1 saturated heterocycles. The van der Waals surface area contributed by atoms with Crippen molar-refractivity contribution in [3.63, 3.8) is 0 Å². The fraction of sp³-hybridized carbons (Fsp3) is 0.320. The van der Waals surface area contributed by atoms with Gasteiger partial charge in [-0.1, -0.05) is 18.2 Å². The Hall–Kier alpha value is -4.21. The van der Waals surface area contributed by atoms with Crippen LogP contribution in [0, 0.1) is 0 Å². The van der Waals surface area contributed by atoms with Crippen LogP contribution in [0.1, 0.15) is 36.7 Å². The molecule has 0 bridgehead atoms. The molecule has 2 aromatic heterocycles. The Kier molecular flexibility index (Phi) is 5.94. The van der Waals surface area contributed by atoms with E-state index >= 15 is 0 Å². The largest absolute Gasteiger partial charge is 0.420 e. The number of hydrogen-bond acceptors (Lipinski definition) is 6. The highest BCUT2D eigenvalue weighted by Crippen LogP contribution is 2.21. The first kappa shape index (κ1) is 22.6. The van der Waals surface area contributed by atoms with Crippen molar-refractivity contribution >= 4 is 39.4 Å². The summed E-state index contributed by atoms with van der Waals surface area (Å²) < 4.78 is 7.84. The second kappa shape index (κ2) is 9.21. The average molecular weight is 476 g/mol. The number of carbonyl (C=O) groups is 2. The number of aromatic nitrogens is 3. The third-order valence-corrected chi connectivity index (χ3v) is 6.31. The second-order valence-electron chi connectivity index (χ2n) is 8.55. The molecule has 2 amide bonds. The number of nitrogens with one attached hydrogen (secondary N) is 1. The standard InChI is InChI=1S/C25H25N5O5/c1-2-30-24(33)18-9-5-4-8-17(18)22(27-30)23(32)26-16-10-11-20-19(14-16)29(25(34)35-20)15-21(31)28-12-6-3-7-13-28/h4-5,8-11,14H,2-3,6-7,12-13,15H2,1H3,(H,26,32). The van der Waals surface area contributed by atoms with E-state index in [9.17, 15) is 19.2 Å². The van der Waals surface area contributed by atoms with Crippen LogP contribution in [0.25, 0.3) is 21.9 Å². The zero-order valence-electron chi connectivity index (χ0n) is 19.3. The van der Waals surface area contributed by atoms with E-state index in [1.165, 1.54) is 9.25 Å². The molecule has 0 aliphatic carbocycles. The molecule has 3 heterocycles. The van der Waals surface area contributed by atoms with Crippen molar-refractivity contribution in [2.45, 2.75) is 39.3 Å². The van der Waals surface area contributed by atoms with Crippen molar-refractivity contribution in [3.05, 3.63) is 69.1 Å². The molecule has 2 aromatic carbocycles. The lowest BCUT2D eigenvalue weighted by molar-refractivity contribution is -0.132. The Labute approximate surface area is 199 Å². The summed E-state index contributed by atoms with van der Waals surface area (Å²) in [4.78, 5) is 52.7. The van der Waals surface area contributed by atoms with Gasteiger partial charge in [-0.15, -0.1) is 0 Å². The van der Waals surface area contributed by atoms with Crippen LogP contribution in [0.4, 0.5) is 5.69 Å². The zero-order valence-corrected chi connectivity index (χ0v) is 19.3. The minimum Gasteiger partial charge on any atom is -0.408 e. The van der Waals surface area contributed by atoms with Crippen LogP contribution in [0.15, 0.2) is 56.5 Å². The van der Waals surface area contributed by atoms with Crippen LogP contribution in [0.3, 0.4) is 0 Å². The van der Waals surface area contributed by atoms with Gasteiger partial charge in [0.15, 0.2) is 11.3 Å². The predicted octanol–water partition coefficient (Wildman–Crippen LogP) is 2.59. The lowest BCUT2D eigenvalue weighted by atomic mass is 10.1. The Morgan fingerprint density at radius 1 is 1.03 bits per heavy atom. The summed E-state index contributed by atoms with van der Waals surface area (Å²) >= 11 is 0. The molecule has 180 valence electrons. The summed E-state index contributed by atoms with van der Waals surface area (Å²) in [5.41, 5.74) is 0.994. The minimum atomic E-state index is -0.628. The van der Waals surface area contributed by atoms with Crippen LogP contribution in [0.5, 0.6) is 0 Å². The number of amides is 2. The molecular formula is C25H25N5O5. The van der Waals surface area contributed by atoms with Crippen molar-refractivity contribution < 1.29 is 14.0 Å². The highest BCUT2D eigenvalue weighted by atomic mass is 16.4. The molecule has 1 aliphatic heterocycles. The lowest BCUT2D eigenvalue weighted by Crippen LogP contribution is -2.39. The van der Waals surface area contributed by atoms with Crippen LogP contribution in [-0.4, -0.2) is 44.2 Å². The predicted molar refractivity (Wildman–Crippen MR) is 131 cm³/mol. The molecule has 5 rings (SSSR count). The number of piperidine rings is 1. The van der Waals surface area contributed by atoms with Gasteiger partial charge in [0.05, 0.1) is 10.9 Å². The maximum Gasteiger partial charge on any atom is 0.420 e. The number of carbonyl (C=O) groups excluding carboxylic acids is 2. The number of aryl methyl sites for hydroxylation is 1. The molecule has 1 N–H and O–H groups in total. The smallest absolute Gasteiger partial charge is 0.408 e. The number of nitrogens with zero attached hydrogens (tertiary/aromatic N) is 4. The molecule has 35 heavy (non-hydrogen) atoms. The Balaban J connectivity index is 1.46. The van der Waals surface area contributed by atoms with Gasteiger partial charge in [0.2, 0.25) is 5.91 Å². The Morgan fingerprint density at radius 2 is 1.77 bits per heavy atom. The van der Waals surface area contributed by atoms with Gasteiger partial charge >= 0.3 is 5.76 Å². The van der Waals surface area contributed by atoms with Crippen LogP contribution in [-0.2, 0) is 17.9 Å². The van der Waals surface area contributed by atoms with E-state index in [2.05, 4.69) is 10.4 Å². The number of anilines is 1. The van der Waals surface area contributed by atoms with Crippen molar-refractivity contribution in [1.82, 2.24) is 19.2 Å². The number of benzene rings is 2. The van der Waals surface area contributed by atoms with Gasteiger partial charge in [-0.2, -0.15) is 5.10 Å². The summed E-state index contributed by atoms with van der Waals surface area (Å²) in [5.74, 6) is -1.26. The lowest BCUT2D eigenvalue weighted by Gasteiger charge is -2.26. The van der Waals surface area contributed by atoms with Crippen molar-refractivity contribution in [2.24, 2.45) is 0 Å². The van der Waals surface area contributed by atoms with Gasteiger partial charge in [-0.3, -0.25) is 19.0 Å². The molecule has 4 aromatic rings. The maximum absolute atomic E-state index is 13.2. The summed E-state index contributed by atoms with van der Waals surface area (Å²) in [6.45, 7) is 3.35. The van der Waals surface area contributed by atoms with Crippen LogP contribution in [0.2, 0.25) is 0 Å². The third kappa shape index (κ3) is 4.23. The van der Waals surface area contributed by atoms with Gasteiger partial charge in [-0.25, -0.2) is 9.48 Å². The molecule has 1 aliphatic rings. The SMILES string of the molecule is CCn1nc(C(=O)Nc2ccc3oc(=O)n(CC(=O)N4CCCCC4)c3c2)c2ccccc2c1=O. The van der Waals surface area contributed by atoms with E-state index in [4.69, 9.17) is 4.42 Å². The van der Waals surface area contributed by atoms with E-state index in [1.807, 2.05) is 0 Å². The fourth-order valence-corrected chi connectivity index (χ4v) is 4.48. The zero-order chi connectivity index (χ0) is 24.5. The van der Waals surface area contributed by atoms with Gasteiger partial charge in [0.1, 0.15) is 6.54 Å². The molecule has 0 radical (unpaired) electrons. The average Bonchev–Trinajstić information content (AvgIpc) is 3.19. The fourth-order valence-electron chi connectivity index (χ4n) is 4.48. The van der Waals surface area contributed by atoms with Gasteiger partial charge in [-0.05, 0) is 50.5 Å². The molecule has 0 unspecified atom stereocenters. The van der Waals surface area contributed by atoms with E-state index in [0.29, 0.717) is 47.2 Å². The number of rotatable bonds is 5. The van der Waals surface area contributed by atoms with E-state index in [-0.39, 0.29) is 23.7 Å². The third-order valence-electron chi connectivity index (χ3n) is 6.31. The summed E-state index contributed by atoms with van der Waals surface area (Å²) in [5, 5.41) is 7.91. The molecule has 0 spiro atoms. The Morgan fingerprint density at radius 3 is 2.51 bits per heavy atom. The minimum absolute atomic E-state index is 0.118. The topological polar surface area (TPSA) is 119 Å². The monoisotopic (exact) mass is 475 g/mol. The van der Waals surface area contributed by atoms with E-state index < -0.39 is 11.7 Å². The normalized spacial score (nSPS) is 13.9. The highest BCUT2D eigenvalue weighted by molar-refractivity contribution is 6.11. The van der Waals surface area contributed by atoms with E-state index in [1.54, 1.807) is 54.3 Å². The first-order chi connectivity index (χ1) is 17.0. The maximum atomic E-state index is 13.2. The molecule has 0 saturated carbocycles. The second-order valence-corrected chi connectivity index (χ2v) is 8.55. The van der Waals surface area contributed by atoms with Crippen LogP contribution >= 0.6 is 0 Å². The quantitative estimate of drug-likeness (QED) is 0.474. The van der Waals surface area contributed by atoms with Crippen molar-refractivity contribution in [1.29, 1.82) is 0 Å². The number of hydrogen-bond donors (Lipinski definition) is 1. The van der Waals surface area contributed by atoms with Crippen LogP contribution < -0.4 is 16.6 Å². The molecular weight excluding hydrogens is 450 g/mol. The Bertz CT molecular complexity index is 1560.